The summed E-state index contributed by atoms with van der Waals surface area (Å²) in [7, 11) is 0. The van der Waals surface area contributed by atoms with Gasteiger partial charge in [-0.15, -0.1) is 0 Å². The van der Waals surface area contributed by atoms with E-state index in [1.54, 1.807) is 4.57 Å². The van der Waals surface area contributed by atoms with Gasteiger partial charge in [0.1, 0.15) is 11.6 Å². The topological polar surface area (TPSA) is 67.2 Å². The van der Waals surface area contributed by atoms with Crippen molar-refractivity contribution in [2.24, 2.45) is 0 Å². The molecule has 1 fully saturated rings. The maximum atomic E-state index is 12.5. The maximum Gasteiger partial charge on any atom is 0.348 e. The van der Waals surface area contributed by atoms with E-state index in [1.807, 2.05) is 37.4 Å². The molecular weight excluding hydrogens is 460 g/mol. The zero-order valence-electron chi connectivity index (χ0n) is 23.2. The molecule has 4 rings (SSSR count). The van der Waals surface area contributed by atoms with Gasteiger partial charge in [0.25, 0.3) is 0 Å². The third kappa shape index (κ3) is 7.25. The number of nitrogens with zero attached hydrogens (tertiary/aromatic N) is 6. The molecule has 7 nitrogen and oxygen atoms in total. The third-order valence-electron chi connectivity index (χ3n) is 6.95. The van der Waals surface area contributed by atoms with Crippen LogP contribution in [0.3, 0.4) is 0 Å². The summed E-state index contributed by atoms with van der Waals surface area (Å²) >= 11 is 0. The summed E-state index contributed by atoms with van der Waals surface area (Å²) in [4.78, 5) is 31.6. The summed E-state index contributed by atoms with van der Waals surface area (Å²) in [6.45, 7) is 16.6. The van der Waals surface area contributed by atoms with Crippen LogP contribution in [-0.4, -0.2) is 57.1 Å². The van der Waals surface area contributed by atoms with E-state index >= 15 is 0 Å². The smallest absolute Gasteiger partial charge is 0.348 e. The van der Waals surface area contributed by atoms with Crippen molar-refractivity contribution in [1.82, 2.24) is 24.4 Å². The Morgan fingerprint density at radius 2 is 1.68 bits per heavy atom. The fourth-order valence-electron chi connectivity index (χ4n) is 4.75. The van der Waals surface area contributed by atoms with Crippen molar-refractivity contribution in [2.75, 3.05) is 37.6 Å². The molecular formula is C30H42N6O. The molecule has 1 aromatic carbocycles. The lowest BCUT2D eigenvalue weighted by Crippen LogP contribution is -2.47. The van der Waals surface area contributed by atoms with Crippen LogP contribution in [0.1, 0.15) is 64.0 Å². The Balaban J connectivity index is 1.26. The van der Waals surface area contributed by atoms with Crippen molar-refractivity contribution in [1.29, 1.82) is 0 Å². The summed E-state index contributed by atoms with van der Waals surface area (Å²) in [6.07, 6.45) is 5.99. The molecule has 0 N–H and O–H groups in total. The summed E-state index contributed by atoms with van der Waals surface area (Å²) in [6, 6.07) is 12.2. The van der Waals surface area contributed by atoms with Gasteiger partial charge in [0.2, 0.25) is 0 Å². The van der Waals surface area contributed by atoms with E-state index in [1.165, 1.54) is 0 Å². The second-order valence-corrected chi connectivity index (χ2v) is 11.2. The molecule has 0 aliphatic carbocycles. The van der Waals surface area contributed by atoms with Crippen molar-refractivity contribution < 1.29 is 0 Å². The lowest BCUT2D eigenvalue weighted by molar-refractivity contribution is 0.250. The van der Waals surface area contributed by atoms with Gasteiger partial charge in [0.15, 0.2) is 0 Å². The van der Waals surface area contributed by atoms with Crippen LogP contribution < -0.4 is 10.6 Å². The Kier molecular flexibility index (Phi) is 8.75. The standard InChI is InChI=1S/C30H42N6O/c1-6-10-25-22-27(33-28(31-25)30(3,4)5)35-19-17-34(18-20-35)14-7-8-15-36-16-13-26(32-29(36)37)24-12-9-11-23(2)21-24/h9,11-13,16,21-22H,6-8,10,14-15,17-20H2,1-5H3. The number of unbranched alkanes of at least 4 members (excludes halogenated alkanes) is 1. The Morgan fingerprint density at radius 1 is 0.919 bits per heavy atom. The van der Waals surface area contributed by atoms with Gasteiger partial charge in [-0.3, -0.25) is 9.47 Å². The molecule has 0 spiro atoms. The molecule has 0 radical (unpaired) electrons. The first-order valence-electron chi connectivity index (χ1n) is 13.7. The monoisotopic (exact) mass is 502 g/mol. The van der Waals surface area contributed by atoms with Gasteiger partial charge in [-0.05, 0) is 44.9 Å². The number of aryl methyl sites for hydroxylation is 3. The molecule has 3 aromatic rings. The number of rotatable bonds is 9. The molecule has 0 unspecified atom stereocenters. The lowest BCUT2D eigenvalue weighted by Gasteiger charge is -2.36. The minimum Gasteiger partial charge on any atom is -0.354 e. The van der Waals surface area contributed by atoms with E-state index in [0.29, 0.717) is 6.54 Å². The molecule has 0 atom stereocenters. The molecule has 1 aliphatic rings. The molecule has 0 bridgehead atoms. The Morgan fingerprint density at radius 3 is 2.35 bits per heavy atom. The minimum atomic E-state index is -0.172. The van der Waals surface area contributed by atoms with Crippen molar-refractivity contribution in [3.8, 4) is 11.3 Å². The number of anilines is 1. The SMILES string of the molecule is CCCc1cc(N2CCN(CCCCn3ccc(-c4cccc(C)c4)nc3=O)CC2)nc(C(C)(C)C)n1. The van der Waals surface area contributed by atoms with E-state index in [4.69, 9.17) is 9.97 Å². The van der Waals surface area contributed by atoms with Gasteiger partial charge < -0.3 is 4.90 Å². The maximum absolute atomic E-state index is 12.5. The summed E-state index contributed by atoms with van der Waals surface area (Å²) in [5, 5.41) is 0. The van der Waals surface area contributed by atoms with E-state index in [9.17, 15) is 4.79 Å². The van der Waals surface area contributed by atoms with Gasteiger partial charge >= 0.3 is 5.69 Å². The first kappa shape index (κ1) is 27.0. The highest BCUT2D eigenvalue weighted by molar-refractivity contribution is 5.59. The zero-order chi connectivity index (χ0) is 26.4. The van der Waals surface area contributed by atoms with Crippen molar-refractivity contribution >= 4 is 5.82 Å². The Labute approximate surface area is 221 Å². The van der Waals surface area contributed by atoms with E-state index in [-0.39, 0.29) is 11.1 Å². The van der Waals surface area contributed by atoms with Gasteiger partial charge in [0, 0.05) is 61.7 Å². The number of hydrogen-bond acceptors (Lipinski definition) is 6. The molecule has 1 saturated heterocycles. The number of piperazine rings is 1. The highest BCUT2D eigenvalue weighted by Crippen LogP contribution is 2.24. The Hall–Kier alpha value is -3.06. The fraction of sp³-hybridized carbons (Fsp3) is 0.533. The zero-order valence-corrected chi connectivity index (χ0v) is 23.2. The van der Waals surface area contributed by atoms with Gasteiger partial charge in [-0.25, -0.2) is 14.8 Å². The Bertz CT molecular complexity index is 1240. The molecule has 3 heterocycles. The number of aromatic nitrogens is 4. The van der Waals surface area contributed by atoms with Crippen LogP contribution in [0, 0.1) is 6.92 Å². The molecule has 198 valence electrons. The van der Waals surface area contributed by atoms with E-state index in [2.05, 4.69) is 54.6 Å². The quantitative estimate of drug-likeness (QED) is 0.389. The van der Waals surface area contributed by atoms with Crippen LogP contribution in [0.2, 0.25) is 0 Å². The average Bonchev–Trinajstić information content (AvgIpc) is 2.87. The number of hydrogen-bond donors (Lipinski definition) is 0. The van der Waals surface area contributed by atoms with Crippen LogP contribution >= 0.6 is 0 Å². The average molecular weight is 503 g/mol. The normalized spacial score (nSPS) is 14.8. The molecule has 7 heteroatoms. The van der Waals surface area contributed by atoms with Gasteiger partial charge in [0.05, 0.1) is 5.69 Å². The second kappa shape index (κ2) is 12.0. The third-order valence-corrected chi connectivity index (χ3v) is 6.95. The van der Waals surface area contributed by atoms with Crippen LogP contribution in [0.5, 0.6) is 0 Å². The van der Waals surface area contributed by atoms with Crippen LogP contribution in [0.15, 0.2) is 47.4 Å². The lowest BCUT2D eigenvalue weighted by atomic mass is 9.95. The fourth-order valence-corrected chi connectivity index (χ4v) is 4.75. The molecule has 0 amide bonds. The highest BCUT2D eigenvalue weighted by atomic mass is 16.1. The summed E-state index contributed by atoms with van der Waals surface area (Å²) in [5.74, 6) is 2.01. The predicted octanol–water partition coefficient (Wildman–Crippen LogP) is 4.86. The van der Waals surface area contributed by atoms with Crippen LogP contribution in [-0.2, 0) is 18.4 Å². The van der Waals surface area contributed by atoms with Crippen LogP contribution in [0.25, 0.3) is 11.3 Å². The first-order chi connectivity index (χ1) is 17.7. The van der Waals surface area contributed by atoms with Gasteiger partial charge in [-0.2, -0.15) is 4.98 Å². The first-order valence-corrected chi connectivity index (χ1v) is 13.7. The van der Waals surface area contributed by atoms with Crippen LogP contribution in [0.4, 0.5) is 5.82 Å². The molecule has 1 aliphatic heterocycles. The van der Waals surface area contributed by atoms with Crippen molar-refractivity contribution in [3.05, 3.63) is 70.2 Å². The summed E-state index contributed by atoms with van der Waals surface area (Å²) < 4.78 is 1.73. The highest BCUT2D eigenvalue weighted by Gasteiger charge is 2.23. The predicted molar refractivity (Wildman–Crippen MR) is 151 cm³/mol. The summed E-state index contributed by atoms with van der Waals surface area (Å²) in [5.41, 5.74) is 3.81. The molecule has 2 aromatic heterocycles. The number of benzene rings is 1. The van der Waals surface area contributed by atoms with Gasteiger partial charge in [-0.1, -0.05) is 57.9 Å². The minimum absolute atomic E-state index is 0.0568. The largest absolute Gasteiger partial charge is 0.354 e. The molecule has 0 saturated carbocycles. The second-order valence-electron chi connectivity index (χ2n) is 11.2. The van der Waals surface area contributed by atoms with Crippen molar-refractivity contribution in [2.45, 2.75) is 72.3 Å². The van der Waals surface area contributed by atoms with Crippen molar-refractivity contribution in [3.63, 3.8) is 0 Å². The van der Waals surface area contributed by atoms with E-state index in [0.717, 1.165) is 92.6 Å². The molecule has 37 heavy (non-hydrogen) atoms. The van der Waals surface area contributed by atoms with E-state index < -0.39 is 0 Å².